The molecule has 3 nitrogen and oxygen atoms in total. The molecule has 19 heavy (non-hydrogen) atoms. The molecule has 1 heterocycles. The molecule has 0 fully saturated rings. The van der Waals surface area contributed by atoms with Crippen LogP contribution in [0.5, 0.6) is 0 Å². The standard InChI is InChI=1S/C15H28N2OS/c1-6-8-16-10-14-13(9-11(3)4)17-15(19-14)12(5)18-7-2/h11-12,16H,6-10H2,1-5H3. The molecule has 0 radical (unpaired) electrons. The van der Waals surface area contributed by atoms with Crippen molar-refractivity contribution in [3.05, 3.63) is 15.6 Å². The van der Waals surface area contributed by atoms with E-state index in [1.165, 1.54) is 17.0 Å². The number of rotatable bonds is 9. The highest BCUT2D eigenvalue weighted by molar-refractivity contribution is 7.11. The third-order valence-corrected chi connectivity index (χ3v) is 4.13. The highest BCUT2D eigenvalue weighted by Gasteiger charge is 2.16. The number of thiazole rings is 1. The lowest BCUT2D eigenvalue weighted by molar-refractivity contribution is 0.0761. The van der Waals surface area contributed by atoms with Crippen LogP contribution in [0.3, 0.4) is 0 Å². The van der Waals surface area contributed by atoms with E-state index < -0.39 is 0 Å². The molecule has 0 aliphatic rings. The van der Waals surface area contributed by atoms with E-state index in [0.717, 1.165) is 31.1 Å². The van der Waals surface area contributed by atoms with Crippen LogP contribution in [0.25, 0.3) is 0 Å². The molecule has 0 amide bonds. The van der Waals surface area contributed by atoms with Gasteiger partial charge < -0.3 is 10.1 Å². The Morgan fingerprint density at radius 3 is 2.58 bits per heavy atom. The Hall–Kier alpha value is -0.450. The summed E-state index contributed by atoms with van der Waals surface area (Å²) in [5.41, 5.74) is 1.25. The van der Waals surface area contributed by atoms with Crippen LogP contribution in [0.1, 0.15) is 62.7 Å². The molecule has 110 valence electrons. The lowest BCUT2D eigenvalue weighted by Gasteiger charge is -2.07. The largest absolute Gasteiger partial charge is 0.372 e. The Morgan fingerprint density at radius 1 is 1.26 bits per heavy atom. The molecule has 0 aliphatic heterocycles. The van der Waals surface area contributed by atoms with Crippen LogP contribution in [0, 0.1) is 5.92 Å². The number of ether oxygens (including phenoxy) is 1. The van der Waals surface area contributed by atoms with Gasteiger partial charge in [-0.2, -0.15) is 0 Å². The summed E-state index contributed by atoms with van der Waals surface area (Å²) in [6, 6.07) is 0. The zero-order chi connectivity index (χ0) is 14.3. The van der Waals surface area contributed by atoms with Gasteiger partial charge in [0.25, 0.3) is 0 Å². The monoisotopic (exact) mass is 284 g/mol. The number of nitrogens with zero attached hydrogens (tertiary/aromatic N) is 1. The molecule has 1 N–H and O–H groups in total. The van der Waals surface area contributed by atoms with Gasteiger partial charge in [-0.05, 0) is 39.2 Å². The zero-order valence-electron chi connectivity index (χ0n) is 13.0. The van der Waals surface area contributed by atoms with Gasteiger partial charge in [0.2, 0.25) is 0 Å². The SMILES string of the molecule is CCCNCc1sc(C(C)OCC)nc1CC(C)C. The maximum atomic E-state index is 5.65. The second-order valence-electron chi connectivity index (χ2n) is 5.29. The van der Waals surface area contributed by atoms with Gasteiger partial charge in [-0.15, -0.1) is 11.3 Å². The summed E-state index contributed by atoms with van der Waals surface area (Å²) in [4.78, 5) is 6.18. The summed E-state index contributed by atoms with van der Waals surface area (Å²) in [5.74, 6) is 0.641. The van der Waals surface area contributed by atoms with Crippen LogP contribution in [0.4, 0.5) is 0 Å². The summed E-state index contributed by atoms with van der Waals surface area (Å²) in [7, 11) is 0. The Balaban J connectivity index is 2.78. The van der Waals surface area contributed by atoms with E-state index in [1.807, 2.05) is 6.92 Å². The molecule has 1 rings (SSSR count). The lowest BCUT2D eigenvalue weighted by atomic mass is 10.1. The van der Waals surface area contributed by atoms with E-state index >= 15 is 0 Å². The molecule has 0 saturated carbocycles. The van der Waals surface area contributed by atoms with E-state index in [0.29, 0.717) is 5.92 Å². The van der Waals surface area contributed by atoms with Crippen molar-refractivity contribution < 1.29 is 4.74 Å². The van der Waals surface area contributed by atoms with E-state index in [4.69, 9.17) is 9.72 Å². The minimum Gasteiger partial charge on any atom is -0.372 e. The van der Waals surface area contributed by atoms with Gasteiger partial charge in [0.05, 0.1) is 5.69 Å². The molecule has 0 saturated heterocycles. The van der Waals surface area contributed by atoms with Crippen LogP contribution in [0.15, 0.2) is 0 Å². The van der Waals surface area contributed by atoms with Crippen LogP contribution in [-0.4, -0.2) is 18.1 Å². The number of hydrogen-bond acceptors (Lipinski definition) is 4. The van der Waals surface area contributed by atoms with Gasteiger partial charge in [0, 0.05) is 18.0 Å². The second kappa shape index (κ2) is 8.67. The minimum atomic E-state index is 0.112. The fourth-order valence-electron chi connectivity index (χ4n) is 1.96. The Kier molecular flexibility index (Phi) is 7.57. The van der Waals surface area contributed by atoms with Gasteiger partial charge >= 0.3 is 0 Å². The van der Waals surface area contributed by atoms with Gasteiger partial charge in [0.15, 0.2) is 0 Å². The molecular weight excluding hydrogens is 256 g/mol. The summed E-state index contributed by atoms with van der Waals surface area (Å²) in [6.45, 7) is 13.5. The fourth-order valence-corrected chi connectivity index (χ4v) is 3.02. The molecular formula is C15H28N2OS. The van der Waals surface area contributed by atoms with Crippen molar-refractivity contribution in [3.63, 3.8) is 0 Å². The molecule has 1 aromatic heterocycles. The van der Waals surface area contributed by atoms with Crippen LogP contribution >= 0.6 is 11.3 Å². The number of hydrogen-bond donors (Lipinski definition) is 1. The van der Waals surface area contributed by atoms with E-state index in [2.05, 4.69) is 33.0 Å². The average Bonchev–Trinajstić information content (AvgIpc) is 2.72. The van der Waals surface area contributed by atoms with Crippen molar-refractivity contribution in [3.8, 4) is 0 Å². The van der Waals surface area contributed by atoms with Crippen molar-refractivity contribution >= 4 is 11.3 Å². The first-order chi connectivity index (χ1) is 9.08. The summed E-state index contributed by atoms with van der Waals surface area (Å²) < 4.78 is 5.65. The highest BCUT2D eigenvalue weighted by atomic mass is 32.1. The molecule has 0 bridgehead atoms. The first-order valence-electron chi connectivity index (χ1n) is 7.39. The topological polar surface area (TPSA) is 34.1 Å². The predicted octanol–water partition coefficient (Wildman–Crippen LogP) is 3.94. The second-order valence-corrected chi connectivity index (χ2v) is 6.41. The van der Waals surface area contributed by atoms with E-state index in [1.54, 1.807) is 11.3 Å². The molecule has 1 atom stereocenters. The van der Waals surface area contributed by atoms with Gasteiger partial charge in [-0.25, -0.2) is 4.98 Å². The predicted molar refractivity (Wildman–Crippen MR) is 82.7 cm³/mol. The van der Waals surface area contributed by atoms with Crippen molar-refractivity contribution in [1.82, 2.24) is 10.3 Å². The normalized spacial score (nSPS) is 13.2. The summed E-state index contributed by atoms with van der Waals surface area (Å²) >= 11 is 1.80. The number of nitrogens with one attached hydrogen (secondary N) is 1. The smallest absolute Gasteiger partial charge is 0.122 e. The van der Waals surface area contributed by atoms with Crippen LogP contribution in [0.2, 0.25) is 0 Å². The van der Waals surface area contributed by atoms with Crippen molar-refractivity contribution in [2.24, 2.45) is 5.92 Å². The van der Waals surface area contributed by atoms with Crippen molar-refractivity contribution in [2.75, 3.05) is 13.2 Å². The lowest BCUT2D eigenvalue weighted by Crippen LogP contribution is -2.14. The fraction of sp³-hybridized carbons (Fsp3) is 0.800. The van der Waals surface area contributed by atoms with E-state index in [-0.39, 0.29) is 6.10 Å². The first kappa shape index (κ1) is 16.6. The Bertz CT molecular complexity index is 363. The van der Waals surface area contributed by atoms with Crippen molar-refractivity contribution in [1.29, 1.82) is 0 Å². The highest BCUT2D eigenvalue weighted by Crippen LogP contribution is 2.27. The summed E-state index contributed by atoms with van der Waals surface area (Å²) in [5, 5.41) is 4.60. The van der Waals surface area contributed by atoms with Gasteiger partial charge in [-0.3, -0.25) is 0 Å². The third-order valence-electron chi connectivity index (χ3n) is 2.87. The molecule has 4 heteroatoms. The molecule has 0 aliphatic carbocycles. The molecule has 0 spiro atoms. The van der Waals surface area contributed by atoms with Crippen molar-refractivity contribution in [2.45, 2.75) is 60.1 Å². The average molecular weight is 284 g/mol. The van der Waals surface area contributed by atoms with Gasteiger partial charge in [0.1, 0.15) is 11.1 Å². The maximum absolute atomic E-state index is 5.65. The zero-order valence-corrected chi connectivity index (χ0v) is 13.8. The van der Waals surface area contributed by atoms with Crippen LogP contribution in [-0.2, 0) is 17.7 Å². The quantitative estimate of drug-likeness (QED) is 0.697. The van der Waals surface area contributed by atoms with Crippen LogP contribution < -0.4 is 5.32 Å². The Labute approximate surface area is 121 Å². The summed E-state index contributed by atoms with van der Waals surface area (Å²) in [6.07, 6.45) is 2.33. The molecule has 1 unspecified atom stereocenters. The third kappa shape index (κ3) is 5.59. The molecule has 1 aromatic rings. The number of aromatic nitrogens is 1. The maximum Gasteiger partial charge on any atom is 0.122 e. The van der Waals surface area contributed by atoms with Gasteiger partial charge in [-0.1, -0.05) is 20.8 Å². The molecule has 0 aromatic carbocycles. The van der Waals surface area contributed by atoms with E-state index in [9.17, 15) is 0 Å². The first-order valence-corrected chi connectivity index (χ1v) is 8.20. The Morgan fingerprint density at radius 2 is 2.00 bits per heavy atom. The minimum absolute atomic E-state index is 0.112.